The maximum absolute atomic E-state index is 12.7. The van der Waals surface area contributed by atoms with E-state index in [4.69, 9.17) is 4.74 Å². The topological polar surface area (TPSA) is 72.7 Å². The average Bonchev–Trinajstić information content (AvgIpc) is 2.92. The highest BCUT2D eigenvalue weighted by Gasteiger charge is 2.19. The van der Waals surface area contributed by atoms with Crippen LogP contribution in [0.3, 0.4) is 0 Å². The number of ether oxygens (including phenoxy) is 1. The van der Waals surface area contributed by atoms with Crippen LogP contribution < -0.4 is 10.1 Å². The minimum absolute atomic E-state index is 0.0149. The van der Waals surface area contributed by atoms with Crippen molar-refractivity contribution in [1.29, 1.82) is 0 Å². The van der Waals surface area contributed by atoms with Gasteiger partial charge in [0.1, 0.15) is 5.69 Å². The van der Waals surface area contributed by atoms with Gasteiger partial charge in [-0.05, 0) is 57.2 Å². The summed E-state index contributed by atoms with van der Waals surface area (Å²) < 4.78 is 7.30. The van der Waals surface area contributed by atoms with Crippen LogP contribution >= 0.6 is 0 Å². The molecule has 0 unspecified atom stereocenters. The molecule has 6 nitrogen and oxygen atoms in total. The molecule has 128 valence electrons. The summed E-state index contributed by atoms with van der Waals surface area (Å²) >= 11 is 0. The Morgan fingerprint density at radius 2 is 1.92 bits per heavy atom. The number of nitrogens with one attached hydrogen (secondary N) is 1. The number of hydrogen-bond donors (Lipinski definition) is 1. The largest absolute Gasteiger partial charge is 0.490 e. The van der Waals surface area contributed by atoms with Crippen LogP contribution in [0.1, 0.15) is 40.4 Å². The van der Waals surface area contributed by atoms with Crippen LogP contribution in [0.15, 0.2) is 42.6 Å². The fourth-order valence-corrected chi connectivity index (χ4v) is 2.68. The molecule has 0 aliphatic carbocycles. The number of aromatic nitrogens is 2. The van der Waals surface area contributed by atoms with Crippen LogP contribution in [0, 0.1) is 6.92 Å². The monoisotopic (exact) mass is 337 g/mol. The van der Waals surface area contributed by atoms with E-state index in [0.717, 1.165) is 0 Å². The number of carbonyl (C=O) groups is 2. The van der Waals surface area contributed by atoms with Gasteiger partial charge in [-0.15, -0.1) is 0 Å². The van der Waals surface area contributed by atoms with Crippen molar-refractivity contribution in [2.75, 3.05) is 11.9 Å². The summed E-state index contributed by atoms with van der Waals surface area (Å²) in [6.45, 7) is 5.72. The maximum Gasteiger partial charge on any atom is 0.274 e. The van der Waals surface area contributed by atoms with Crippen molar-refractivity contribution in [2.45, 2.75) is 20.8 Å². The number of benzene rings is 1. The van der Waals surface area contributed by atoms with Gasteiger partial charge in [0.2, 0.25) is 0 Å². The summed E-state index contributed by atoms with van der Waals surface area (Å²) in [5.74, 6) is 0.353. The van der Waals surface area contributed by atoms with E-state index in [1.165, 1.54) is 6.92 Å². The molecule has 0 saturated heterocycles. The fraction of sp³-hybridized carbons (Fsp3) is 0.211. The lowest BCUT2D eigenvalue weighted by molar-refractivity contribution is 0.101. The third kappa shape index (κ3) is 3.24. The molecule has 0 fully saturated rings. The Kier molecular flexibility index (Phi) is 4.52. The van der Waals surface area contributed by atoms with E-state index in [9.17, 15) is 9.59 Å². The van der Waals surface area contributed by atoms with Crippen molar-refractivity contribution in [3.8, 4) is 5.75 Å². The van der Waals surface area contributed by atoms with Crippen molar-refractivity contribution in [3.63, 3.8) is 0 Å². The molecular formula is C19H19N3O3. The van der Waals surface area contributed by atoms with Crippen molar-refractivity contribution >= 4 is 23.0 Å². The number of imidazole rings is 1. The van der Waals surface area contributed by atoms with Gasteiger partial charge in [-0.1, -0.05) is 0 Å². The van der Waals surface area contributed by atoms with Crippen LogP contribution in [-0.4, -0.2) is 27.7 Å². The lowest BCUT2D eigenvalue weighted by Crippen LogP contribution is -2.15. The van der Waals surface area contributed by atoms with Gasteiger partial charge in [-0.3, -0.25) is 14.0 Å². The van der Waals surface area contributed by atoms with Crippen LogP contribution in [0.4, 0.5) is 5.69 Å². The fourth-order valence-electron chi connectivity index (χ4n) is 2.68. The lowest BCUT2D eigenvalue weighted by atomic mass is 10.1. The van der Waals surface area contributed by atoms with Crippen molar-refractivity contribution < 1.29 is 14.3 Å². The molecular weight excluding hydrogens is 318 g/mol. The normalized spacial score (nSPS) is 10.7. The Morgan fingerprint density at radius 3 is 2.56 bits per heavy atom. The van der Waals surface area contributed by atoms with E-state index in [-0.39, 0.29) is 11.7 Å². The van der Waals surface area contributed by atoms with Crippen LogP contribution in [0.5, 0.6) is 5.75 Å². The molecule has 0 aliphatic heterocycles. The molecule has 2 heterocycles. The third-order valence-electron chi connectivity index (χ3n) is 3.85. The first kappa shape index (κ1) is 16.7. The van der Waals surface area contributed by atoms with Crippen LogP contribution in [0.25, 0.3) is 5.65 Å². The minimum Gasteiger partial charge on any atom is -0.490 e. The van der Waals surface area contributed by atoms with E-state index in [0.29, 0.717) is 40.6 Å². The van der Waals surface area contributed by atoms with Gasteiger partial charge in [0.05, 0.1) is 12.3 Å². The summed E-state index contributed by atoms with van der Waals surface area (Å²) in [5, 5.41) is 2.84. The second-order valence-electron chi connectivity index (χ2n) is 5.63. The molecule has 2 aromatic heterocycles. The highest BCUT2D eigenvalue weighted by Crippen LogP contribution is 2.23. The first-order valence-electron chi connectivity index (χ1n) is 8.04. The molecule has 6 heteroatoms. The Hall–Kier alpha value is -3.15. The number of hydrogen-bond acceptors (Lipinski definition) is 4. The average molecular weight is 337 g/mol. The standard InChI is InChI=1S/C19H19N3O3/c1-4-25-16-6-5-11-22-17(12(2)20-18(16)22)19(24)21-15-9-7-14(8-10-15)13(3)23/h5-11H,4H2,1-3H3,(H,21,24). The van der Waals surface area contributed by atoms with Gasteiger partial charge < -0.3 is 10.1 Å². The Morgan fingerprint density at radius 1 is 1.20 bits per heavy atom. The molecule has 1 aromatic carbocycles. The second kappa shape index (κ2) is 6.76. The molecule has 1 N–H and O–H groups in total. The zero-order valence-electron chi connectivity index (χ0n) is 14.4. The molecule has 3 rings (SSSR count). The van der Waals surface area contributed by atoms with Crippen molar-refractivity contribution in [3.05, 3.63) is 59.5 Å². The van der Waals surface area contributed by atoms with Gasteiger partial charge in [-0.2, -0.15) is 0 Å². The van der Waals surface area contributed by atoms with Crippen LogP contribution in [-0.2, 0) is 0 Å². The first-order chi connectivity index (χ1) is 12.0. The lowest BCUT2D eigenvalue weighted by Gasteiger charge is -2.08. The summed E-state index contributed by atoms with van der Waals surface area (Å²) in [4.78, 5) is 28.5. The molecule has 25 heavy (non-hydrogen) atoms. The Balaban J connectivity index is 1.93. The van der Waals surface area contributed by atoms with E-state index in [1.54, 1.807) is 41.8 Å². The number of nitrogens with zero attached hydrogens (tertiary/aromatic N) is 2. The first-order valence-corrected chi connectivity index (χ1v) is 8.04. The van der Waals surface area contributed by atoms with E-state index < -0.39 is 0 Å². The number of amides is 1. The maximum atomic E-state index is 12.7. The second-order valence-corrected chi connectivity index (χ2v) is 5.63. The van der Waals surface area contributed by atoms with Crippen molar-refractivity contribution in [2.24, 2.45) is 0 Å². The number of anilines is 1. The highest BCUT2D eigenvalue weighted by atomic mass is 16.5. The molecule has 0 radical (unpaired) electrons. The van der Waals surface area contributed by atoms with Crippen molar-refractivity contribution in [1.82, 2.24) is 9.38 Å². The number of fused-ring (bicyclic) bond motifs is 1. The molecule has 0 spiro atoms. The number of ketones is 1. The van der Waals surface area contributed by atoms with Gasteiger partial charge in [0, 0.05) is 17.4 Å². The zero-order valence-corrected chi connectivity index (χ0v) is 14.4. The smallest absolute Gasteiger partial charge is 0.274 e. The Labute approximate surface area is 145 Å². The number of rotatable bonds is 5. The molecule has 0 aliphatic rings. The molecule has 3 aromatic rings. The van der Waals surface area contributed by atoms with E-state index >= 15 is 0 Å². The number of Topliss-reactive ketones (excluding diaryl/α,β-unsaturated/α-hetero) is 1. The quantitative estimate of drug-likeness (QED) is 0.723. The van der Waals surface area contributed by atoms with Gasteiger partial charge >= 0.3 is 0 Å². The third-order valence-corrected chi connectivity index (χ3v) is 3.85. The molecule has 1 amide bonds. The summed E-state index contributed by atoms with van der Waals surface area (Å²) in [6, 6.07) is 10.4. The highest BCUT2D eigenvalue weighted by molar-refractivity contribution is 6.05. The van der Waals surface area contributed by atoms with E-state index in [1.807, 2.05) is 19.1 Å². The molecule has 0 saturated carbocycles. The predicted molar refractivity (Wildman–Crippen MR) is 95.5 cm³/mol. The number of pyridine rings is 1. The summed E-state index contributed by atoms with van der Waals surface area (Å²) in [6.07, 6.45) is 1.78. The van der Waals surface area contributed by atoms with Gasteiger partial charge in [0.15, 0.2) is 17.2 Å². The minimum atomic E-state index is -0.269. The molecule has 0 bridgehead atoms. The predicted octanol–water partition coefficient (Wildman–Crippen LogP) is 3.50. The molecule has 0 atom stereocenters. The number of carbonyl (C=O) groups excluding carboxylic acids is 2. The zero-order chi connectivity index (χ0) is 18.0. The SMILES string of the molecule is CCOc1cccn2c(C(=O)Nc3ccc(C(C)=O)cc3)c(C)nc12. The number of aryl methyl sites for hydroxylation is 1. The van der Waals surface area contributed by atoms with Gasteiger partial charge in [0.25, 0.3) is 5.91 Å². The van der Waals surface area contributed by atoms with Gasteiger partial charge in [-0.25, -0.2) is 4.98 Å². The van der Waals surface area contributed by atoms with Crippen LogP contribution in [0.2, 0.25) is 0 Å². The summed E-state index contributed by atoms with van der Waals surface area (Å²) in [7, 11) is 0. The Bertz CT molecular complexity index is 942. The van der Waals surface area contributed by atoms with E-state index in [2.05, 4.69) is 10.3 Å². The summed E-state index contributed by atoms with van der Waals surface area (Å²) in [5.41, 5.74) is 2.90.